The molecule has 1 heterocycles. The van der Waals surface area contributed by atoms with Crippen LogP contribution in [0.2, 0.25) is 0 Å². The molecule has 90 valence electrons. The average Bonchev–Trinajstić information content (AvgIpc) is 2.32. The number of aromatic hydroxyl groups is 1. The van der Waals surface area contributed by atoms with Gasteiger partial charge in [0, 0.05) is 13.1 Å². The second kappa shape index (κ2) is 4.49. The molecule has 4 nitrogen and oxygen atoms in total. The van der Waals surface area contributed by atoms with Gasteiger partial charge in [0.2, 0.25) is 0 Å². The smallest absolute Gasteiger partial charge is 0.257 e. The van der Waals surface area contributed by atoms with Crippen molar-refractivity contribution in [3.63, 3.8) is 0 Å². The monoisotopic (exact) mass is 232 g/mol. The third kappa shape index (κ3) is 2.25. The van der Waals surface area contributed by atoms with E-state index in [2.05, 4.69) is 6.08 Å². The quantitative estimate of drug-likeness (QED) is 0.440. The number of nitrogens with two attached hydrogens (primary N) is 1. The van der Waals surface area contributed by atoms with Crippen molar-refractivity contribution >= 4 is 11.6 Å². The Hall–Kier alpha value is -1.97. The topological polar surface area (TPSA) is 66.6 Å². The van der Waals surface area contributed by atoms with Crippen LogP contribution in [0, 0.1) is 0 Å². The van der Waals surface area contributed by atoms with E-state index in [1.54, 1.807) is 23.1 Å². The highest BCUT2D eigenvalue weighted by molar-refractivity contribution is 5.98. The standard InChI is InChI=1S/C13H16N2O2/c1-9-4-3-7-15(8-9)13(17)10-5-2-6-11(14)12(10)16/h2,4-6,16H,3,7-8,14H2,1H3. The Balaban J connectivity index is 2.26. The van der Waals surface area contributed by atoms with E-state index in [0.717, 1.165) is 6.42 Å². The summed E-state index contributed by atoms with van der Waals surface area (Å²) in [5.74, 6) is -0.285. The predicted octanol–water partition coefficient (Wildman–Crippen LogP) is 1.77. The SMILES string of the molecule is CC1=CCCN(C(=O)c2cccc(N)c2O)C1. The molecule has 0 aliphatic carbocycles. The van der Waals surface area contributed by atoms with Crippen LogP contribution in [-0.4, -0.2) is 29.0 Å². The second-order valence-corrected chi connectivity index (χ2v) is 4.31. The molecule has 0 radical (unpaired) electrons. The van der Waals surface area contributed by atoms with Crippen molar-refractivity contribution in [2.45, 2.75) is 13.3 Å². The largest absolute Gasteiger partial charge is 0.505 e. The lowest BCUT2D eigenvalue weighted by Gasteiger charge is -2.26. The van der Waals surface area contributed by atoms with Crippen LogP contribution in [0.3, 0.4) is 0 Å². The summed E-state index contributed by atoms with van der Waals surface area (Å²) in [6.07, 6.45) is 2.99. The van der Waals surface area contributed by atoms with Crippen LogP contribution in [0.4, 0.5) is 5.69 Å². The number of phenols is 1. The lowest BCUT2D eigenvalue weighted by molar-refractivity contribution is 0.0763. The maximum atomic E-state index is 12.2. The zero-order valence-electron chi connectivity index (χ0n) is 9.81. The van der Waals surface area contributed by atoms with Gasteiger partial charge in [-0.2, -0.15) is 0 Å². The van der Waals surface area contributed by atoms with Gasteiger partial charge in [-0.05, 0) is 25.5 Å². The fraction of sp³-hybridized carbons (Fsp3) is 0.308. The third-order valence-electron chi connectivity index (χ3n) is 2.92. The van der Waals surface area contributed by atoms with Gasteiger partial charge in [-0.15, -0.1) is 0 Å². The number of para-hydroxylation sites is 1. The van der Waals surface area contributed by atoms with Crippen molar-refractivity contribution in [2.75, 3.05) is 18.8 Å². The van der Waals surface area contributed by atoms with E-state index < -0.39 is 0 Å². The highest BCUT2D eigenvalue weighted by atomic mass is 16.3. The van der Waals surface area contributed by atoms with E-state index in [-0.39, 0.29) is 22.9 Å². The highest BCUT2D eigenvalue weighted by Crippen LogP contribution is 2.26. The van der Waals surface area contributed by atoms with Gasteiger partial charge >= 0.3 is 0 Å². The van der Waals surface area contributed by atoms with Crippen LogP contribution in [0.25, 0.3) is 0 Å². The summed E-state index contributed by atoms with van der Waals surface area (Å²) in [4.78, 5) is 13.9. The van der Waals surface area contributed by atoms with E-state index in [1.165, 1.54) is 5.57 Å². The lowest BCUT2D eigenvalue weighted by Crippen LogP contribution is -2.35. The first-order valence-corrected chi connectivity index (χ1v) is 5.62. The van der Waals surface area contributed by atoms with Gasteiger partial charge in [0.25, 0.3) is 5.91 Å². The molecule has 0 spiro atoms. The summed E-state index contributed by atoms with van der Waals surface area (Å²) in [6, 6.07) is 4.85. The molecule has 1 aromatic carbocycles. The number of rotatable bonds is 1. The summed E-state index contributed by atoms with van der Waals surface area (Å²) in [6.45, 7) is 3.30. The van der Waals surface area contributed by atoms with Crippen LogP contribution >= 0.6 is 0 Å². The Morgan fingerprint density at radius 3 is 2.94 bits per heavy atom. The highest BCUT2D eigenvalue weighted by Gasteiger charge is 2.21. The summed E-state index contributed by atoms with van der Waals surface area (Å²) < 4.78 is 0. The van der Waals surface area contributed by atoms with E-state index in [0.29, 0.717) is 13.1 Å². The number of nitrogen functional groups attached to an aromatic ring is 1. The normalized spacial score (nSPS) is 15.6. The maximum Gasteiger partial charge on any atom is 0.257 e. The molecular formula is C13H16N2O2. The number of carbonyl (C=O) groups excluding carboxylic acids is 1. The van der Waals surface area contributed by atoms with Gasteiger partial charge in [-0.3, -0.25) is 4.79 Å². The molecule has 0 aromatic heterocycles. The summed E-state index contributed by atoms with van der Waals surface area (Å²) in [5.41, 5.74) is 7.27. The minimum Gasteiger partial charge on any atom is -0.505 e. The Morgan fingerprint density at radius 1 is 1.47 bits per heavy atom. The number of amides is 1. The van der Waals surface area contributed by atoms with Crippen LogP contribution in [0.5, 0.6) is 5.75 Å². The van der Waals surface area contributed by atoms with Gasteiger partial charge < -0.3 is 15.7 Å². The van der Waals surface area contributed by atoms with Crippen molar-refractivity contribution in [1.82, 2.24) is 4.90 Å². The molecule has 0 bridgehead atoms. The van der Waals surface area contributed by atoms with Gasteiger partial charge in [-0.1, -0.05) is 17.7 Å². The summed E-state index contributed by atoms with van der Waals surface area (Å²) in [7, 11) is 0. The number of phenolic OH excluding ortho intramolecular Hbond substituents is 1. The van der Waals surface area contributed by atoms with Gasteiger partial charge in [-0.25, -0.2) is 0 Å². The molecule has 2 rings (SSSR count). The average molecular weight is 232 g/mol. The Bertz CT molecular complexity index is 480. The van der Waals surface area contributed by atoms with Crippen molar-refractivity contribution in [3.05, 3.63) is 35.4 Å². The third-order valence-corrected chi connectivity index (χ3v) is 2.92. The molecule has 1 aliphatic heterocycles. The van der Waals surface area contributed by atoms with Crippen LogP contribution in [0.15, 0.2) is 29.8 Å². The molecule has 0 saturated heterocycles. The van der Waals surface area contributed by atoms with Crippen molar-refractivity contribution in [1.29, 1.82) is 0 Å². The van der Waals surface area contributed by atoms with Gasteiger partial charge in [0.05, 0.1) is 11.3 Å². The Labute approximate surface area is 100 Å². The number of benzene rings is 1. The number of carbonyl (C=O) groups is 1. The first-order chi connectivity index (χ1) is 8.09. The van der Waals surface area contributed by atoms with Gasteiger partial charge in [0.1, 0.15) is 0 Å². The molecule has 0 fully saturated rings. The molecule has 4 heteroatoms. The van der Waals surface area contributed by atoms with Crippen LogP contribution < -0.4 is 5.73 Å². The van der Waals surface area contributed by atoms with Crippen LogP contribution in [0.1, 0.15) is 23.7 Å². The molecular weight excluding hydrogens is 216 g/mol. The molecule has 0 saturated carbocycles. The Morgan fingerprint density at radius 2 is 2.24 bits per heavy atom. The number of anilines is 1. The van der Waals surface area contributed by atoms with Crippen LogP contribution in [-0.2, 0) is 0 Å². The fourth-order valence-electron chi connectivity index (χ4n) is 1.99. The number of hydrogen-bond donors (Lipinski definition) is 2. The Kier molecular flexibility index (Phi) is 3.04. The van der Waals surface area contributed by atoms with Crippen molar-refractivity contribution in [3.8, 4) is 5.75 Å². The number of nitrogens with zero attached hydrogens (tertiary/aromatic N) is 1. The zero-order valence-corrected chi connectivity index (χ0v) is 9.81. The van der Waals surface area contributed by atoms with Crippen molar-refractivity contribution in [2.24, 2.45) is 0 Å². The second-order valence-electron chi connectivity index (χ2n) is 4.31. The van der Waals surface area contributed by atoms with E-state index in [4.69, 9.17) is 5.73 Å². The van der Waals surface area contributed by atoms with E-state index >= 15 is 0 Å². The first-order valence-electron chi connectivity index (χ1n) is 5.62. The predicted molar refractivity (Wildman–Crippen MR) is 66.8 cm³/mol. The van der Waals surface area contributed by atoms with Gasteiger partial charge in [0.15, 0.2) is 5.75 Å². The zero-order chi connectivity index (χ0) is 12.4. The number of hydrogen-bond acceptors (Lipinski definition) is 3. The minimum absolute atomic E-state index is 0.121. The molecule has 3 N–H and O–H groups in total. The molecule has 17 heavy (non-hydrogen) atoms. The molecule has 0 atom stereocenters. The molecule has 0 unspecified atom stereocenters. The fourth-order valence-corrected chi connectivity index (χ4v) is 1.99. The summed E-state index contributed by atoms with van der Waals surface area (Å²) >= 11 is 0. The molecule has 1 aliphatic rings. The molecule has 1 aromatic rings. The molecule has 1 amide bonds. The summed E-state index contributed by atoms with van der Waals surface area (Å²) in [5, 5.41) is 9.78. The minimum atomic E-state index is -0.165. The van der Waals surface area contributed by atoms with E-state index in [9.17, 15) is 9.90 Å². The van der Waals surface area contributed by atoms with Crippen molar-refractivity contribution < 1.29 is 9.90 Å². The first kappa shape index (κ1) is 11.5. The van der Waals surface area contributed by atoms with E-state index in [1.807, 2.05) is 6.92 Å². The lowest BCUT2D eigenvalue weighted by atomic mass is 10.1. The maximum absolute atomic E-state index is 12.2.